The average Bonchev–Trinajstić information content (AvgIpc) is 2.29. The lowest BCUT2D eigenvalue weighted by Gasteiger charge is -2.37. The van der Waals surface area contributed by atoms with Crippen molar-refractivity contribution in [2.45, 2.75) is 32.1 Å². The molecule has 0 aromatic heterocycles. The highest BCUT2D eigenvalue weighted by Gasteiger charge is 2.36. The molecule has 1 nitrogen and oxygen atoms in total. The Morgan fingerprint density at radius 1 is 1.06 bits per heavy atom. The van der Waals surface area contributed by atoms with Gasteiger partial charge in [0.05, 0.1) is 0 Å². The van der Waals surface area contributed by atoms with Crippen molar-refractivity contribution in [2.75, 3.05) is 0 Å². The first-order chi connectivity index (χ1) is 7.69. The second-order valence-corrected chi connectivity index (χ2v) is 4.99. The molecule has 0 fully saturated rings. The van der Waals surface area contributed by atoms with Crippen molar-refractivity contribution in [3.63, 3.8) is 0 Å². The molecule has 0 atom stereocenters. The van der Waals surface area contributed by atoms with E-state index in [1.807, 2.05) is 6.07 Å². The van der Waals surface area contributed by atoms with Gasteiger partial charge in [-0.25, -0.2) is 0 Å². The van der Waals surface area contributed by atoms with Gasteiger partial charge in [0.15, 0.2) is 0 Å². The molecule has 0 radical (unpaired) electrons. The van der Waals surface area contributed by atoms with Crippen molar-refractivity contribution in [3.8, 4) is 5.75 Å². The molecule has 0 saturated carbocycles. The van der Waals surface area contributed by atoms with Gasteiger partial charge in [0.25, 0.3) is 0 Å². The predicted molar refractivity (Wildman–Crippen MR) is 65.5 cm³/mol. The van der Waals surface area contributed by atoms with E-state index in [-0.39, 0.29) is 5.41 Å². The topological polar surface area (TPSA) is 9.23 Å². The summed E-state index contributed by atoms with van der Waals surface area (Å²) >= 11 is 0. The summed E-state index contributed by atoms with van der Waals surface area (Å²) < 4.78 is 5.96. The number of fused-ring (bicyclic) bond motifs is 2. The highest BCUT2D eigenvalue weighted by molar-refractivity contribution is 5.55. The van der Waals surface area contributed by atoms with Gasteiger partial charge in [0, 0.05) is 16.6 Å². The van der Waals surface area contributed by atoms with Crippen LogP contribution in [0.2, 0.25) is 0 Å². The average molecular weight is 212 g/mol. The molecule has 0 amide bonds. The van der Waals surface area contributed by atoms with Gasteiger partial charge < -0.3 is 4.74 Å². The van der Waals surface area contributed by atoms with Crippen molar-refractivity contribution in [1.82, 2.24) is 0 Å². The second-order valence-electron chi connectivity index (χ2n) is 4.99. The monoisotopic (exact) mass is 212 g/mol. The maximum absolute atomic E-state index is 5.96. The summed E-state index contributed by atoms with van der Waals surface area (Å²) in [4.78, 5) is 0. The number of allylic oxidation sites excluding steroid dienone is 3. The fourth-order valence-electron chi connectivity index (χ4n) is 2.65. The van der Waals surface area contributed by atoms with E-state index in [0.29, 0.717) is 0 Å². The number of benzene rings is 1. The van der Waals surface area contributed by atoms with Gasteiger partial charge in [-0.2, -0.15) is 0 Å². The van der Waals surface area contributed by atoms with Crippen LogP contribution in [0.3, 0.4) is 0 Å². The molecule has 0 unspecified atom stereocenters. The number of hydrogen-bond donors (Lipinski definition) is 0. The Labute approximate surface area is 96.4 Å². The highest BCUT2D eigenvalue weighted by atomic mass is 16.5. The third-order valence-corrected chi connectivity index (χ3v) is 3.56. The SMILES string of the molecule is CC1(C)C2=CCCC=C2Oc2ccccc21. The van der Waals surface area contributed by atoms with Crippen LogP contribution in [-0.2, 0) is 5.41 Å². The first kappa shape index (κ1) is 9.71. The van der Waals surface area contributed by atoms with E-state index in [2.05, 4.69) is 44.2 Å². The number of rotatable bonds is 0. The van der Waals surface area contributed by atoms with Crippen molar-refractivity contribution in [3.05, 3.63) is 53.3 Å². The maximum atomic E-state index is 5.96. The van der Waals surface area contributed by atoms with Crippen molar-refractivity contribution >= 4 is 0 Å². The Balaban J connectivity index is 2.23. The van der Waals surface area contributed by atoms with Crippen LogP contribution < -0.4 is 4.74 Å². The molecule has 1 aromatic rings. The van der Waals surface area contributed by atoms with Crippen LogP contribution in [0.1, 0.15) is 32.3 Å². The molecule has 1 aliphatic heterocycles. The highest BCUT2D eigenvalue weighted by Crippen LogP contribution is 2.46. The molecule has 3 rings (SSSR count). The summed E-state index contributed by atoms with van der Waals surface area (Å²) in [5.74, 6) is 2.08. The largest absolute Gasteiger partial charge is 0.457 e. The van der Waals surface area contributed by atoms with Gasteiger partial charge in [-0.05, 0) is 25.0 Å². The van der Waals surface area contributed by atoms with Crippen LogP contribution >= 0.6 is 0 Å². The van der Waals surface area contributed by atoms with E-state index in [0.717, 1.165) is 24.4 Å². The molecule has 82 valence electrons. The van der Waals surface area contributed by atoms with Crippen LogP contribution in [0.5, 0.6) is 5.75 Å². The summed E-state index contributed by atoms with van der Waals surface area (Å²) in [6.45, 7) is 4.55. The van der Waals surface area contributed by atoms with Crippen LogP contribution in [0.15, 0.2) is 47.7 Å². The van der Waals surface area contributed by atoms with Gasteiger partial charge in [-0.15, -0.1) is 0 Å². The molecular formula is C15H16O. The zero-order valence-electron chi connectivity index (χ0n) is 9.79. The lowest BCUT2D eigenvalue weighted by molar-refractivity contribution is 0.366. The summed E-state index contributed by atoms with van der Waals surface area (Å²) in [5, 5.41) is 0. The first-order valence-electron chi connectivity index (χ1n) is 5.88. The summed E-state index contributed by atoms with van der Waals surface area (Å²) in [6.07, 6.45) is 6.77. The fourth-order valence-corrected chi connectivity index (χ4v) is 2.65. The maximum Gasteiger partial charge on any atom is 0.131 e. The summed E-state index contributed by atoms with van der Waals surface area (Å²) in [5.41, 5.74) is 2.71. The van der Waals surface area contributed by atoms with Gasteiger partial charge in [0.1, 0.15) is 11.5 Å². The van der Waals surface area contributed by atoms with Gasteiger partial charge in [0.2, 0.25) is 0 Å². The second kappa shape index (κ2) is 3.24. The van der Waals surface area contributed by atoms with Crippen LogP contribution in [0.25, 0.3) is 0 Å². The molecule has 2 aliphatic rings. The Kier molecular flexibility index (Phi) is 1.97. The number of hydrogen-bond acceptors (Lipinski definition) is 1. The van der Waals surface area contributed by atoms with Crippen molar-refractivity contribution in [1.29, 1.82) is 0 Å². The van der Waals surface area contributed by atoms with Crippen molar-refractivity contribution < 1.29 is 4.74 Å². The lowest BCUT2D eigenvalue weighted by Crippen LogP contribution is -2.29. The zero-order valence-corrected chi connectivity index (χ0v) is 9.79. The van der Waals surface area contributed by atoms with Gasteiger partial charge >= 0.3 is 0 Å². The van der Waals surface area contributed by atoms with E-state index in [9.17, 15) is 0 Å². The quantitative estimate of drug-likeness (QED) is 0.632. The molecular weight excluding hydrogens is 196 g/mol. The van der Waals surface area contributed by atoms with Crippen molar-refractivity contribution in [2.24, 2.45) is 0 Å². The molecule has 16 heavy (non-hydrogen) atoms. The van der Waals surface area contributed by atoms with Gasteiger partial charge in [-0.3, -0.25) is 0 Å². The number of para-hydroxylation sites is 1. The molecule has 1 heteroatoms. The van der Waals surface area contributed by atoms with E-state index in [1.165, 1.54) is 11.1 Å². The van der Waals surface area contributed by atoms with E-state index < -0.39 is 0 Å². The van der Waals surface area contributed by atoms with Crippen LogP contribution in [0, 0.1) is 0 Å². The normalized spacial score (nSPS) is 21.1. The first-order valence-corrected chi connectivity index (χ1v) is 5.88. The molecule has 0 saturated heterocycles. The Hall–Kier alpha value is -1.50. The standard InChI is InChI=1S/C15H16O/c1-15(2)11-7-3-5-9-13(11)16-14-10-6-4-8-12(14)15/h3,5,7-10H,4,6H2,1-2H3. The molecule has 0 spiro atoms. The zero-order chi connectivity index (χ0) is 11.2. The lowest BCUT2D eigenvalue weighted by atomic mass is 9.73. The molecule has 1 aromatic carbocycles. The Morgan fingerprint density at radius 3 is 2.69 bits per heavy atom. The number of ether oxygens (including phenoxy) is 1. The van der Waals surface area contributed by atoms with Gasteiger partial charge in [-0.1, -0.05) is 38.1 Å². The summed E-state index contributed by atoms with van der Waals surface area (Å²) in [6, 6.07) is 8.35. The predicted octanol–water partition coefficient (Wildman–Crippen LogP) is 3.96. The van der Waals surface area contributed by atoms with Crippen LogP contribution in [-0.4, -0.2) is 0 Å². The van der Waals surface area contributed by atoms with E-state index in [4.69, 9.17) is 4.74 Å². The minimum absolute atomic E-state index is 0.0705. The molecule has 1 aliphatic carbocycles. The minimum atomic E-state index is 0.0705. The smallest absolute Gasteiger partial charge is 0.131 e. The summed E-state index contributed by atoms with van der Waals surface area (Å²) in [7, 11) is 0. The Bertz CT molecular complexity index is 492. The minimum Gasteiger partial charge on any atom is -0.457 e. The van der Waals surface area contributed by atoms with E-state index in [1.54, 1.807) is 0 Å². The van der Waals surface area contributed by atoms with E-state index >= 15 is 0 Å². The molecule has 1 heterocycles. The Morgan fingerprint density at radius 2 is 1.81 bits per heavy atom. The third kappa shape index (κ3) is 1.24. The fraction of sp³-hybridized carbons (Fsp3) is 0.333. The molecule has 0 N–H and O–H groups in total. The van der Waals surface area contributed by atoms with Crippen LogP contribution in [0.4, 0.5) is 0 Å². The molecule has 0 bridgehead atoms. The third-order valence-electron chi connectivity index (χ3n) is 3.56.